The smallest absolute Gasteiger partial charge is 0.0337 e. The van der Waals surface area contributed by atoms with E-state index in [1.807, 2.05) is 26.1 Å². The summed E-state index contributed by atoms with van der Waals surface area (Å²) in [6.45, 7) is 9.83. The zero-order chi connectivity index (χ0) is 10.6. The lowest BCUT2D eigenvalue weighted by Crippen LogP contribution is -1.87. The Labute approximate surface area is 89.9 Å². The highest BCUT2D eigenvalue weighted by Crippen LogP contribution is 2.30. The minimum Gasteiger partial charge on any atom is -0.388 e. The number of thioether (sulfide) groups is 1. The molecule has 0 aliphatic carbocycles. The van der Waals surface area contributed by atoms with E-state index in [4.69, 9.17) is 0 Å². The average Bonchev–Trinajstić information content (AvgIpc) is 2.17. The largest absolute Gasteiger partial charge is 0.388 e. The molecule has 0 spiro atoms. The first-order valence-corrected chi connectivity index (χ1v) is 5.25. The quantitative estimate of drug-likeness (QED) is 0.798. The Kier molecular flexibility index (Phi) is 3.84. The van der Waals surface area contributed by atoms with Crippen molar-refractivity contribution < 1.29 is 0 Å². The van der Waals surface area contributed by atoms with E-state index in [1.165, 1.54) is 0 Å². The molecule has 0 amide bonds. The van der Waals surface area contributed by atoms with Crippen molar-refractivity contribution >= 4 is 22.4 Å². The van der Waals surface area contributed by atoms with Crippen LogP contribution in [0.1, 0.15) is 12.5 Å². The normalized spacial score (nSPS) is 9.57. The summed E-state index contributed by atoms with van der Waals surface area (Å²) < 4.78 is 0. The van der Waals surface area contributed by atoms with E-state index in [1.54, 1.807) is 11.8 Å². The van der Waals surface area contributed by atoms with E-state index in [2.05, 4.69) is 30.6 Å². The second-order valence-corrected chi connectivity index (χ2v) is 4.45. The maximum atomic E-state index is 4.00. The topological polar surface area (TPSA) is 12.0 Å². The van der Waals surface area contributed by atoms with E-state index in [-0.39, 0.29) is 0 Å². The predicted molar refractivity (Wildman–Crippen MR) is 67.4 cm³/mol. The van der Waals surface area contributed by atoms with Gasteiger partial charge in [-0.2, -0.15) is 0 Å². The Morgan fingerprint density at radius 3 is 2.21 bits per heavy atom. The zero-order valence-corrected chi connectivity index (χ0v) is 9.45. The zero-order valence-electron chi connectivity index (χ0n) is 8.63. The van der Waals surface area contributed by atoms with Crippen molar-refractivity contribution in [2.24, 2.45) is 0 Å². The lowest BCUT2D eigenvalue weighted by atomic mass is 10.2. The van der Waals surface area contributed by atoms with Crippen molar-refractivity contribution in [1.82, 2.24) is 0 Å². The van der Waals surface area contributed by atoms with Gasteiger partial charge in [0.15, 0.2) is 0 Å². The van der Waals surface area contributed by atoms with Gasteiger partial charge in [0, 0.05) is 17.6 Å². The minimum absolute atomic E-state index is 1.04. The minimum atomic E-state index is 1.04. The van der Waals surface area contributed by atoms with Gasteiger partial charge in [-0.15, -0.1) is 0 Å². The highest BCUT2D eigenvalue weighted by molar-refractivity contribution is 8.11. The molecule has 0 radical (unpaired) electrons. The molecule has 0 saturated heterocycles. The van der Waals surface area contributed by atoms with Crippen LogP contribution in [0, 0.1) is 0 Å². The molecule has 14 heavy (non-hydrogen) atoms. The molecule has 1 N–H and O–H groups in total. The summed E-state index contributed by atoms with van der Waals surface area (Å²) >= 11 is 1.61. The molecule has 0 saturated carbocycles. The molecule has 0 aromatic heterocycles. The number of benzene rings is 1. The highest BCUT2D eigenvalue weighted by Gasteiger charge is 1.99. The first-order valence-electron chi connectivity index (χ1n) is 4.44. The molecule has 1 aromatic carbocycles. The second-order valence-electron chi connectivity index (χ2n) is 3.05. The molecule has 0 bridgehead atoms. The number of hydrogen-bond acceptors (Lipinski definition) is 2. The molecule has 2 heteroatoms. The third-order valence-electron chi connectivity index (χ3n) is 1.79. The average molecular weight is 205 g/mol. The van der Waals surface area contributed by atoms with Gasteiger partial charge in [-0.1, -0.05) is 37.1 Å². The lowest BCUT2D eigenvalue weighted by Gasteiger charge is -2.06. The predicted octanol–water partition coefficient (Wildman–Crippen LogP) is 3.97. The summed E-state index contributed by atoms with van der Waals surface area (Å²) in [7, 11) is 1.91. The first-order chi connectivity index (χ1) is 6.63. The molecule has 0 heterocycles. The van der Waals surface area contributed by atoms with Crippen molar-refractivity contribution in [3.05, 3.63) is 47.9 Å². The fourth-order valence-electron chi connectivity index (χ4n) is 1.09. The molecule has 1 aromatic rings. The van der Waals surface area contributed by atoms with Crippen LogP contribution in [0.4, 0.5) is 5.69 Å². The molecule has 1 nitrogen and oxygen atoms in total. The van der Waals surface area contributed by atoms with Gasteiger partial charge < -0.3 is 5.32 Å². The molecule has 0 atom stereocenters. The Bertz CT molecular complexity index is 338. The van der Waals surface area contributed by atoms with Crippen LogP contribution in [0.15, 0.2) is 42.3 Å². The van der Waals surface area contributed by atoms with E-state index in [0.29, 0.717) is 0 Å². The summed E-state index contributed by atoms with van der Waals surface area (Å²) in [5.74, 6) is 0. The van der Waals surface area contributed by atoms with Crippen molar-refractivity contribution in [3.8, 4) is 0 Å². The Balaban J connectivity index is 2.76. The number of hydrogen-bond donors (Lipinski definition) is 1. The Morgan fingerprint density at radius 2 is 1.79 bits per heavy atom. The van der Waals surface area contributed by atoms with Gasteiger partial charge >= 0.3 is 0 Å². The molecule has 1 rings (SSSR count). The fraction of sp³-hybridized carbons (Fsp3) is 0.167. The summed E-state index contributed by atoms with van der Waals surface area (Å²) in [4.78, 5) is 2.10. The van der Waals surface area contributed by atoms with Crippen LogP contribution < -0.4 is 5.32 Å². The van der Waals surface area contributed by atoms with Crippen LogP contribution in [0.5, 0.6) is 0 Å². The van der Waals surface area contributed by atoms with Crippen molar-refractivity contribution in [3.63, 3.8) is 0 Å². The first kappa shape index (κ1) is 10.9. The van der Waals surface area contributed by atoms with E-state index in [0.717, 1.165) is 21.1 Å². The van der Waals surface area contributed by atoms with E-state index < -0.39 is 0 Å². The summed E-state index contributed by atoms with van der Waals surface area (Å²) in [5, 5.41) is 3.08. The standard InChI is InChI=1S/C12H15NS/c1-9(2)14-10(3)11-5-7-12(13-4)8-6-11/h5-8,13H,1,3H2,2,4H3. The third-order valence-corrected chi connectivity index (χ3v) is 2.62. The Hall–Kier alpha value is -1.15. The summed E-state index contributed by atoms with van der Waals surface area (Å²) in [6.07, 6.45) is 0. The van der Waals surface area contributed by atoms with Crippen LogP contribution in [-0.4, -0.2) is 7.05 Å². The van der Waals surface area contributed by atoms with Gasteiger partial charge in [0.25, 0.3) is 0 Å². The van der Waals surface area contributed by atoms with Gasteiger partial charge in [0.05, 0.1) is 0 Å². The third kappa shape index (κ3) is 2.96. The van der Waals surface area contributed by atoms with Gasteiger partial charge in [0.2, 0.25) is 0 Å². The summed E-state index contributed by atoms with van der Waals surface area (Å²) in [6, 6.07) is 8.20. The number of allylic oxidation sites excluding steroid dienone is 1. The Morgan fingerprint density at radius 1 is 1.21 bits per heavy atom. The number of nitrogens with one attached hydrogen (secondary N) is 1. The van der Waals surface area contributed by atoms with Crippen molar-refractivity contribution in [2.45, 2.75) is 6.92 Å². The van der Waals surface area contributed by atoms with Gasteiger partial charge in [-0.05, 0) is 29.5 Å². The lowest BCUT2D eigenvalue weighted by molar-refractivity contribution is 1.50. The van der Waals surface area contributed by atoms with Gasteiger partial charge in [-0.25, -0.2) is 0 Å². The van der Waals surface area contributed by atoms with E-state index >= 15 is 0 Å². The van der Waals surface area contributed by atoms with Gasteiger partial charge in [-0.3, -0.25) is 0 Å². The summed E-state index contributed by atoms with van der Waals surface area (Å²) in [5.41, 5.74) is 2.26. The molecule has 0 unspecified atom stereocenters. The SMILES string of the molecule is C=C(C)SC(=C)c1ccc(NC)cc1. The highest BCUT2D eigenvalue weighted by atomic mass is 32.2. The van der Waals surface area contributed by atoms with Crippen molar-refractivity contribution in [1.29, 1.82) is 0 Å². The van der Waals surface area contributed by atoms with Crippen LogP contribution >= 0.6 is 11.8 Å². The molecule has 0 fully saturated rings. The maximum Gasteiger partial charge on any atom is 0.0337 e. The molecular weight excluding hydrogens is 190 g/mol. The van der Waals surface area contributed by atoms with Crippen LogP contribution in [0.25, 0.3) is 4.91 Å². The van der Waals surface area contributed by atoms with Crippen LogP contribution in [-0.2, 0) is 0 Å². The van der Waals surface area contributed by atoms with Gasteiger partial charge in [0.1, 0.15) is 0 Å². The maximum absolute atomic E-state index is 4.00. The number of rotatable bonds is 4. The monoisotopic (exact) mass is 205 g/mol. The van der Waals surface area contributed by atoms with Crippen LogP contribution in [0.3, 0.4) is 0 Å². The molecule has 0 aliphatic rings. The molecule has 74 valence electrons. The number of anilines is 1. The fourth-order valence-corrected chi connectivity index (χ4v) is 1.77. The van der Waals surface area contributed by atoms with Crippen LogP contribution in [0.2, 0.25) is 0 Å². The molecule has 0 aliphatic heterocycles. The van der Waals surface area contributed by atoms with Crippen molar-refractivity contribution in [2.75, 3.05) is 12.4 Å². The van der Waals surface area contributed by atoms with E-state index in [9.17, 15) is 0 Å². The second kappa shape index (κ2) is 4.91. The molecular formula is C12H15NS.